The maximum Gasteiger partial charge on any atom is 0.162 e. The first kappa shape index (κ1) is 20.1. The van der Waals surface area contributed by atoms with E-state index in [0.29, 0.717) is 19.2 Å². The molecule has 1 unspecified atom stereocenters. The smallest absolute Gasteiger partial charge is 0.162 e. The van der Waals surface area contributed by atoms with Crippen molar-refractivity contribution in [2.45, 2.75) is 51.2 Å². The Morgan fingerprint density at radius 2 is 1.96 bits per heavy atom. The van der Waals surface area contributed by atoms with E-state index in [-0.39, 0.29) is 19.0 Å². The van der Waals surface area contributed by atoms with Crippen molar-refractivity contribution in [1.29, 1.82) is 0 Å². The summed E-state index contributed by atoms with van der Waals surface area (Å²) >= 11 is 0. The fourth-order valence-corrected chi connectivity index (χ4v) is 3.31. The van der Waals surface area contributed by atoms with Crippen LogP contribution in [0.1, 0.15) is 39.5 Å². The van der Waals surface area contributed by atoms with Gasteiger partial charge in [-0.15, -0.1) is 0 Å². The molecule has 0 aliphatic carbocycles. The van der Waals surface area contributed by atoms with Crippen LogP contribution in [0.25, 0.3) is 0 Å². The second-order valence-electron chi connectivity index (χ2n) is 6.84. The minimum absolute atomic E-state index is 0.0282. The fourth-order valence-electron chi connectivity index (χ4n) is 3.31. The van der Waals surface area contributed by atoms with Crippen LogP contribution in [0.3, 0.4) is 0 Å². The molecule has 0 saturated carbocycles. The van der Waals surface area contributed by atoms with Crippen molar-refractivity contribution in [3.05, 3.63) is 29.8 Å². The van der Waals surface area contributed by atoms with Crippen molar-refractivity contribution < 1.29 is 23.4 Å². The van der Waals surface area contributed by atoms with E-state index in [1.54, 1.807) is 0 Å². The summed E-state index contributed by atoms with van der Waals surface area (Å²) in [5.74, 6) is -1.69. The molecule has 2 rings (SSSR count). The van der Waals surface area contributed by atoms with Crippen LogP contribution in [0.4, 0.5) is 8.78 Å². The van der Waals surface area contributed by atoms with Crippen molar-refractivity contribution >= 4 is 0 Å². The van der Waals surface area contributed by atoms with Gasteiger partial charge in [-0.25, -0.2) is 8.78 Å². The third-order valence-corrected chi connectivity index (χ3v) is 4.55. The number of rotatable bonds is 8. The monoisotopic (exact) mass is 357 g/mol. The molecular formula is C19H29F2NO3. The van der Waals surface area contributed by atoms with Gasteiger partial charge in [0.15, 0.2) is 11.6 Å². The number of aliphatic hydroxyl groups is 1. The Morgan fingerprint density at radius 1 is 1.24 bits per heavy atom. The highest BCUT2D eigenvalue weighted by Gasteiger charge is 2.35. The Balaban J connectivity index is 2.02. The van der Waals surface area contributed by atoms with Gasteiger partial charge in [0, 0.05) is 25.2 Å². The van der Waals surface area contributed by atoms with Crippen molar-refractivity contribution in [2.24, 2.45) is 0 Å². The van der Waals surface area contributed by atoms with Gasteiger partial charge in [-0.1, -0.05) is 26.7 Å². The van der Waals surface area contributed by atoms with Crippen LogP contribution in [-0.4, -0.2) is 54.6 Å². The predicted octanol–water partition coefficient (Wildman–Crippen LogP) is 3.38. The summed E-state index contributed by atoms with van der Waals surface area (Å²) in [5, 5.41) is 10.9. The van der Waals surface area contributed by atoms with Crippen LogP contribution in [0.15, 0.2) is 18.2 Å². The Hall–Kier alpha value is -1.24. The highest BCUT2D eigenvalue weighted by Crippen LogP contribution is 2.22. The number of halogens is 2. The molecule has 1 aliphatic heterocycles. The zero-order valence-electron chi connectivity index (χ0n) is 15.1. The normalized spacial score (nSPS) is 22.2. The summed E-state index contributed by atoms with van der Waals surface area (Å²) in [7, 11) is 0. The van der Waals surface area contributed by atoms with E-state index in [9.17, 15) is 13.9 Å². The second-order valence-corrected chi connectivity index (χ2v) is 6.84. The van der Waals surface area contributed by atoms with Crippen LogP contribution >= 0.6 is 0 Å². The van der Waals surface area contributed by atoms with E-state index in [1.165, 1.54) is 6.07 Å². The lowest BCUT2D eigenvalue weighted by Crippen LogP contribution is -2.51. The fraction of sp³-hybridized carbons (Fsp3) is 0.684. The number of hydrogen-bond acceptors (Lipinski definition) is 4. The SMILES string of the molecule is CCCC(CCC)N1CCOCC(O)(COc2ccc(F)c(F)c2)C1. The lowest BCUT2D eigenvalue weighted by atomic mass is 10.0. The van der Waals surface area contributed by atoms with Gasteiger partial charge in [0.05, 0.1) is 13.2 Å². The highest BCUT2D eigenvalue weighted by molar-refractivity contribution is 5.23. The molecular weight excluding hydrogens is 328 g/mol. The molecule has 6 heteroatoms. The van der Waals surface area contributed by atoms with Crippen molar-refractivity contribution in [1.82, 2.24) is 4.90 Å². The molecule has 0 spiro atoms. The third-order valence-electron chi connectivity index (χ3n) is 4.55. The summed E-state index contributed by atoms with van der Waals surface area (Å²) in [6, 6.07) is 3.77. The molecule has 0 bridgehead atoms. The molecule has 0 amide bonds. The third kappa shape index (κ3) is 5.90. The van der Waals surface area contributed by atoms with Crippen LogP contribution < -0.4 is 4.74 Å². The van der Waals surface area contributed by atoms with Gasteiger partial charge in [0.2, 0.25) is 0 Å². The Labute approximate surface area is 148 Å². The van der Waals surface area contributed by atoms with E-state index in [1.807, 2.05) is 0 Å². The van der Waals surface area contributed by atoms with Gasteiger partial charge in [0.25, 0.3) is 0 Å². The van der Waals surface area contributed by atoms with E-state index >= 15 is 0 Å². The molecule has 1 heterocycles. The molecule has 1 N–H and O–H groups in total. The molecule has 1 saturated heterocycles. The van der Waals surface area contributed by atoms with E-state index in [2.05, 4.69) is 18.7 Å². The Kier molecular flexibility index (Phi) is 7.59. The zero-order chi connectivity index (χ0) is 18.3. The number of benzene rings is 1. The molecule has 142 valence electrons. The van der Waals surface area contributed by atoms with Gasteiger partial charge >= 0.3 is 0 Å². The number of β-amino-alcohol motifs (C(OH)–C–C–N with tert-alkyl or cyclic N) is 1. The number of nitrogens with zero attached hydrogens (tertiary/aromatic N) is 1. The summed E-state index contributed by atoms with van der Waals surface area (Å²) in [6.07, 6.45) is 4.33. The first-order chi connectivity index (χ1) is 12.0. The quantitative estimate of drug-likeness (QED) is 0.775. The summed E-state index contributed by atoms with van der Waals surface area (Å²) in [6.45, 7) is 6.25. The van der Waals surface area contributed by atoms with Crippen LogP contribution in [-0.2, 0) is 4.74 Å². The predicted molar refractivity (Wildman–Crippen MR) is 92.8 cm³/mol. The number of hydrogen-bond donors (Lipinski definition) is 1. The molecule has 1 aromatic rings. The van der Waals surface area contributed by atoms with Gasteiger partial charge in [0.1, 0.15) is 18.0 Å². The van der Waals surface area contributed by atoms with Crippen molar-refractivity contribution in [3.8, 4) is 5.75 Å². The van der Waals surface area contributed by atoms with Gasteiger partial charge < -0.3 is 14.6 Å². The topological polar surface area (TPSA) is 41.9 Å². The molecule has 1 aliphatic rings. The minimum Gasteiger partial charge on any atom is -0.490 e. The van der Waals surface area contributed by atoms with Crippen LogP contribution in [0, 0.1) is 11.6 Å². The summed E-state index contributed by atoms with van der Waals surface area (Å²) in [5.41, 5.74) is -1.18. The van der Waals surface area contributed by atoms with E-state index in [4.69, 9.17) is 9.47 Å². The lowest BCUT2D eigenvalue weighted by molar-refractivity contribution is -0.0677. The molecule has 1 aromatic carbocycles. The van der Waals surface area contributed by atoms with Crippen LogP contribution in [0.2, 0.25) is 0 Å². The first-order valence-electron chi connectivity index (χ1n) is 9.09. The van der Waals surface area contributed by atoms with E-state index in [0.717, 1.165) is 44.4 Å². The Morgan fingerprint density at radius 3 is 2.60 bits per heavy atom. The van der Waals surface area contributed by atoms with Gasteiger partial charge in [-0.05, 0) is 25.0 Å². The molecule has 0 aromatic heterocycles. The van der Waals surface area contributed by atoms with Crippen molar-refractivity contribution in [3.63, 3.8) is 0 Å². The van der Waals surface area contributed by atoms with Crippen LogP contribution in [0.5, 0.6) is 5.75 Å². The standard InChI is InChI=1S/C19H29F2NO3/c1-3-5-15(6-4-2)22-9-10-24-13-19(23,12-22)14-25-16-7-8-17(20)18(21)11-16/h7-8,11,15,23H,3-6,9-10,12-14H2,1-2H3. The molecule has 25 heavy (non-hydrogen) atoms. The largest absolute Gasteiger partial charge is 0.490 e. The van der Waals surface area contributed by atoms with Gasteiger partial charge in [-0.2, -0.15) is 0 Å². The van der Waals surface area contributed by atoms with Gasteiger partial charge in [-0.3, -0.25) is 4.90 Å². The summed E-state index contributed by atoms with van der Waals surface area (Å²) in [4.78, 5) is 2.27. The molecule has 0 radical (unpaired) electrons. The highest BCUT2D eigenvalue weighted by atomic mass is 19.2. The average molecular weight is 357 g/mol. The number of ether oxygens (including phenoxy) is 2. The maximum absolute atomic E-state index is 13.3. The van der Waals surface area contributed by atoms with E-state index < -0.39 is 17.2 Å². The molecule has 1 atom stereocenters. The first-order valence-corrected chi connectivity index (χ1v) is 9.09. The lowest BCUT2D eigenvalue weighted by Gasteiger charge is -2.35. The summed E-state index contributed by atoms with van der Waals surface area (Å²) < 4.78 is 37.4. The maximum atomic E-state index is 13.3. The second kappa shape index (κ2) is 9.46. The van der Waals surface area contributed by atoms with Crippen molar-refractivity contribution in [2.75, 3.05) is 32.9 Å². The molecule has 1 fully saturated rings. The average Bonchev–Trinajstić information content (AvgIpc) is 2.78. The molecule has 4 nitrogen and oxygen atoms in total. The Bertz CT molecular complexity index is 537. The zero-order valence-corrected chi connectivity index (χ0v) is 15.1. The minimum atomic E-state index is -1.18.